The fourth-order valence-corrected chi connectivity index (χ4v) is 3.78. The molecule has 20 heavy (non-hydrogen) atoms. The zero-order valence-electron chi connectivity index (χ0n) is 12.5. The quantitative estimate of drug-likeness (QED) is 0.799. The summed E-state index contributed by atoms with van der Waals surface area (Å²) in [4.78, 5) is 0. The molecule has 1 nitrogen and oxygen atoms in total. The Morgan fingerprint density at radius 1 is 1.20 bits per heavy atom. The zero-order valence-corrected chi connectivity index (χ0v) is 14.0. The average Bonchev–Trinajstić information content (AvgIpc) is 2.43. The van der Waals surface area contributed by atoms with Gasteiger partial charge in [0.25, 0.3) is 0 Å². The second-order valence-corrected chi connectivity index (χ2v) is 7.53. The molecule has 2 N–H and O–H groups in total. The number of nitrogens with two attached hydrogens (primary N) is 1. The van der Waals surface area contributed by atoms with E-state index in [4.69, 9.17) is 28.9 Å². The van der Waals surface area contributed by atoms with E-state index < -0.39 is 0 Å². The first kappa shape index (κ1) is 16.1. The highest BCUT2D eigenvalue weighted by Gasteiger charge is 2.35. The minimum atomic E-state index is 0.253. The molecule has 1 fully saturated rings. The molecule has 0 amide bonds. The molecule has 1 aliphatic rings. The van der Waals surface area contributed by atoms with E-state index in [1.807, 2.05) is 12.1 Å². The minimum absolute atomic E-state index is 0.253. The van der Waals surface area contributed by atoms with Gasteiger partial charge in [0.15, 0.2) is 0 Å². The first-order valence-electron chi connectivity index (χ1n) is 7.60. The van der Waals surface area contributed by atoms with Gasteiger partial charge in [-0.15, -0.1) is 0 Å². The topological polar surface area (TPSA) is 26.0 Å². The smallest absolute Gasteiger partial charge is 0.0595 e. The molecule has 3 heteroatoms. The summed E-state index contributed by atoms with van der Waals surface area (Å²) in [6.45, 7) is 5.43. The van der Waals surface area contributed by atoms with Crippen molar-refractivity contribution in [2.24, 2.45) is 23.0 Å². The lowest BCUT2D eigenvalue weighted by Crippen LogP contribution is -2.37. The minimum Gasteiger partial charge on any atom is -0.330 e. The van der Waals surface area contributed by atoms with Gasteiger partial charge in [-0.3, -0.25) is 0 Å². The average molecular weight is 314 g/mol. The van der Waals surface area contributed by atoms with Gasteiger partial charge in [0.2, 0.25) is 0 Å². The summed E-state index contributed by atoms with van der Waals surface area (Å²) < 4.78 is 0. The molecule has 1 aromatic carbocycles. The van der Waals surface area contributed by atoms with Crippen LogP contribution < -0.4 is 5.73 Å². The lowest BCUT2D eigenvalue weighted by Gasteiger charge is -2.41. The molecule has 1 aliphatic carbocycles. The van der Waals surface area contributed by atoms with Crippen LogP contribution in [0.25, 0.3) is 0 Å². The van der Waals surface area contributed by atoms with Gasteiger partial charge >= 0.3 is 0 Å². The summed E-state index contributed by atoms with van der Waals surface area (Å²) in [6.07, 6.45) is 6.08. The van der Waals surface area contributed by atoms with Crippen LogP contribution in [0.1, 0.15) is 45.1 Å². The predicted octanol–water partition coefficient (Wildman–Crippen LogP) is 5.33. The molecule has 1 aromatic rings. The number of hydrogen-bond acceptors (Lipinski definition) is 1. The van der Waals surface area contributed by atoms with Gasteiger partial charge in [-0.25, -0.2) is 0 Å². The van der Waals surface area contributed by atoms with Crippen molar-refractivity contribution >= 4 is 23.2 Å². The number of rotatable bonds is 4. The summed E-state index contributed by atoms with van der Waals surface area (Å²) in [5, 5.41) is 1.27. The molecule has 0 saturated heterocycles. The fourth-order valence-electron chi connectivity index (χ4n) is 3.45. The Labute approximate surface area is 132 Å². The van der Waals surface area contributed by atoms with Crippen molar-refractivity contribution in [1.82, 2.24) is 0 Å². The maximum absolute atomic E-state index is 6.12. The van der Waals surface area contributed by atoms with Crippen molar-refractivity contribution in [3.8, 4) is 0 Å². The van der Waals surface area contributed by atoms with Gasteiger partial charge in [-0.05, 0) is 73.6 Å². The van der Waals surface area contributed by atoms with Crippen molar-refractivity contribution in [3.63, 3.8) is 0 Å². The van der Waals surface area contributed by atoms with Crippen molar-refractivity contribution < 1.29 is 0 Å². The molecular weight excluding hydrogens is 289 g/mol. The van der Waals surface area contributed by atoms with Gasteiger partial charge in [0, 0.05) is 0 Å². The number of halogens is 2. The third-order valence-corrected chi connectivity index (χ3v) is 5.77. The highest BCUT2D eigenvalue weighted by Crippen LogP contribution is 2.43. The Balaban J connectivity index is 2.07. The monoisotopic (exact) mass is 313 g/mol. The predicted molar refractivity (Wildman–Crippen MR) is 88.4 cm³/mol. The first-order valence-corrected chi connectivity index (χ1v) is 8.35. The second-order valence-electron chi connectivity index (χ2n) is 6.71. The Bertz CT molecular complexity index is 448. The van der Waals surface area contributed by atoms with E-state index in [1.165, 1.54) is 31.2 Å². The highest BCUT2D eigenvalue weighted by molar-refractivity contribution is 6.42. The van der Waals surface area contributed by atoms with Gasteiger partial charge in [-0.1, -0.05) is 43.1 Å². The van der Waals surface area contributed by atoms with Gasteiger partial charge < -0.3 is 5.73 Å². The third kappa shape index (κ3) is 3.69. The summed E-state index contributed by atoms with van der Waals surface area (Å²) in [5.41, 5.74) is 7.63. The SMILES string of the molecule is CC(C)C1CCC(CN)(Cc2ccc(Cl)c(Cl)c2)CC1. The van der Waals surface area contributed by atoms with E-state index in [1.54, 1.807) is 0 Å². The van der Waals surface area contributed by atoms with E-state index in [-0.39, 0.29) is 5.41 Å². The maximum atomic E-state index is 6.12. The van der Waals surface area contributed by atoms with Crippen LogP contribution in [0.5, 0.6) is 0 Å². The van der Waals surface area contributed by atoms with Crippen molar-refractivity contribution in [3.05, 3.63) is 33.8 Å². The molecule has 0 unspecified atom stereocenters. The van der Waals surface area contributed by atoms with Crippen LogP contribution in [0, 0.1) is 17.3 Å². The second kappa shape index (κ2) is 6.68. The van der Waals surface area contributed by atoms with Crippen LogP contribution in [0.3, 0.4) is 0 Å². The van der Waals surface area contributed by atoms with Crippen molar-refractivity contribution in [2.75, 3.05) is 6.54 Å². The molecule has 0 bridgehead atoms. The molecule has 0 atom stereocenters. The first-order chi connectivity index (χ1) is 9.46. The highest BCUT2D eigenvalue weighted by atomic mass is 35.5. The van der Waals surface area contributed by atoms with E-state index in [9.17, 15) is 0 Å². The van der Waals surface area contributed by atoms with Gasteiger partial charge in [-0.2, -0.15) is 0 Å². The Hall–Kier alpha value is -0.240. The lowest BCUT2D eigenvalue weighted by molar-refractivity contribution is 0.132. The van der Waals surface area contributed by atoms with Crippen LogP contribution in [0.2, 0.25) is 10.0 Å². The Morgan fingerprint density at radius 2 is 1.85 bits per heavy atom. The van der Waals surface area contributed by atoms with Crippen molar-refractivity contribution in [2.45, 2.75) is 46.0 Å². The van der Waals surface area contributed by atoms with E-state index >= 15 is 0 Å². The van der Waals surface area contributed by atoms with Crippen molar-refractivity contribution in [1.29, 1.82) is 0 Å². The molecule has 0 aromatic heterocycles. The van der Waals surface area contributed by atoms with E-state index in [0.717, 1.165) is 24.8 Å². The molecule has 0 spiro atoms. The van der Waals surface area contributed by atoms with E-state index in [2.05, 4.69) is 19.9 Å². The number of hydrogen-bond donors (Lipinski definition) is 1. The number of benzene rings is 1. The molecular formula is C17H25Cl2N. The van der Waals surface area contributed by atoms with Crippen LogP contribution >= 0.6 is 23.2 Å². The molecule has 2 rings (SSSR count). The molecule has 0 heterocycles. The molecule has 1 saturated carbocycles. The van der Waals surface area contributed by atoms with Crippen LogP contribution in [-0.2, 0) is 6.42 Å². The largest absolute Gasteiger partial charge is 0.330 e. The maximum Gasteiger partial charge on any atom is 0.0595 e. The van der Waals surface area contributed by atoms with E-state index in [0.29, 0.717) is 10.0 Å². The lowest BCUT2D eigenvalue weighted by atomic mass is 9.65. The zero-order chi connectivity index (χ0) is 14.8. The normalized spacial score (nSPS) is 27.0. The molecule has 0 radical (unpaired) electrons. The van der Waals surface area contributed by atoms with Gasteiger partial charge in [0.05, 0.1) is 10.0 Å². The van der Waals surface area contributed by atoms with Crippen LogP contribution in [0.4, 0.5) is 0 Å². The Morgan fingerprint density at radius 3 is 2.35 bits per heavy atom. The molecule has 112 valence electrons. The summed E-state index contributed by atoms with van der Waals surface area (Å²) in [6, 6.07) is 5.97. The summed E-state index contributed by atoms with van der Waals surface area (Å²) in [7, 11) is 0. The standard InChI is InChI=1S/C17H25Cl2N/c1-12(2)14-5-7-17(11-20,8-6-14)10-13-3-4-15(18)16(19)9-13/h3-4,9,12,14H,5-8,10-11,20H2,1-2H3. The summed E-state index contributed by atoms with van der Waals surface area (Å²) >= 11 is 12.1. The van der Waals surface area contributed by atoms with Gasteiger partial charge in [0.1, 0.15) is 0 Å². The van der Waals surface area contributed by atoms with Crippen LogP contribution in [-0.4, -0.2) is 6.54 Å². The fraction of sp³-hybridized carbons (Fsp3) is 0.647. The summed E-state index contributed by atoms with van der Waals surface area (Å²) in [5.74, 6) is 1.65. The van der Waals surface area contributed by atoms with Crippen LogP contribution in [0.15, 0.2) is 18.2 Å². The molecule has 0 aliphatic heterocycles. The third-order valence-electron chi connectivity index (χ3n) is 5.03. The Kier molecular flexibility index (Phi) is 5.39.